The molecule has 0 saturated heterocycles. The molecule has 184 valence electrons. The minimum absolute atomic E-state index is 0.834. The van der Waals surface area contributed by atoms with Crippen LogP contribution in [0.1, 0.15) is 11.1 Å². The van der Waals surface area contributed by atoms with E-state index in [1.165, 1.54) is 44.5 Å². The van der Waals surface area contributed by atoms with Crippen LogP contribution in [0.3, 0.4) is 0 Å². The molecule has 0 amide bonds. The average Bonchev–Trinajstić information content (AvgIpc) is 3.03. The summed E-state index contributed by atoms with van der Waals surface area (Å²) in [7, 11) is 0. The number of rotatable bonds is 2. The normalized spacial score (nSPS) is 12.7. The molecule has 0 unspecified atom stereocenters. The van der Waals surface area contributed by atoms with Crippen LogP contribution >= 0.6 is 0 Å². The lowest BCUT2D eigenvalue weighted by Crippen LogP contribution is -2.68. The molecule has 0 aliphatic carbocycles. The quantitative estimate of drug-likeness (QED) is 0.214. The minimum atomic E-state index is 0.834. The van der Waals surface area contributed by atoms with Crippen molar-refractivity contribution in [3.8, 4) is 44.8 Å². The number of nitrogens with zero attached hydrogens (tertiary/aromatic N) is 2. The van der Waals surface area contributed by atoms with Gasteiger partial charge < -0.3 is 0 Å². The molecule has 7 rings (SSSR count). The van der Waals surface area contributed by atoms with Gasteiger partial charge in [0, 0.05) is 24.3 Å². The summed E-state index contributed by atoms with van der Waals surface area (Å²) in [5.41, 5.74) is 12.1. The highest BCUT2D eigenvalue weighted by atomic mass is 15.4. The predicted molar refractivity (Wildman–Crippen MR) is 159 cm³/mol. The molecule has 0 saturated carbocycles. The van der Waals surface area contributed by atoms with Crippen LogP contribution in [0.25, 0.3) is 50.8 Å². The molecule has 0 spiro atoms. The molecule has 3 heterocycles. The first-order chi connectivity index (χ1) is 19.3. The topological polar surface area (TPSA) is 7.76 Å². The van der Waals surface area contributed by atoms with Crippen LogP contribution < -0.4 is 9.35 Å². The van der Waals surface area contributed by atoms with Gasteiger partial charge in [0.2, 0.25) is 12.4 Å². The van der Waals surface area contributed by atoms with E-state index in [2.05, 4.69) is 167 Å². The Kier molecular flexibility index (Phi) is 5.91. The number of fused-ring (bicyclic) bond motifs is 7. The van der Waals surface area contributed by atoms with Crippen LogP contribution in [0.15, 0.2) is 152 Å². The van der Waals surface area contributed by atoms with E-state index in [4.69, 9.17) is 0 Å². The largest absolute Gasteiger partial charge is 0.285 e. The zero-order valence-electron chi connectivity index (χ0n) is 21.6. The van der Waals surface area contributed by atoms with E-state index < -0.39 is 0 Å². The molecule has 1 aliphatic rings. The Labute approximate surface area is 229 Å². The number of allylic oxidation sites excluding steroid dienone is 1. The van der Waals surface area contributed by atoms with Gasteiger partial charge in [-0.2, -0.15) is 0 Å². The monoisotopic (exact) mass is 500 g/mol. The predicted octanol–water partition coefficient (Wildman–Crippen LogP) is 7.81. The van der Waals surface area contributed by atoms with E-state index in [1.807, 2.05) is 0 Å². The van der Waals surface area contributed by atoms with Crippen LogP contribution in [0.5, 0.6) is 0 Å². The van der Waals surface area contributed by atoms with Crippen molar-refractivity contribution >= 4 is 6.08 Å². The summed E-state index contributed by atoms with van der Waals surface area (Å²) in [4.78, 5) is 0. The third-order valence-corrected chi connectivity index (χ3v) is 7.47. The number of benzene rings is 4. The van der Waals surface area contributed by atoms with E-state index >= 15 is 0 Å². The molecule has 2 nitrogen and oxygen atoms in total. The zero-order valence-corrected chi connectivity index (χ0v) is 21.6. The van der Waals surface area contributed by atoms with Crippen LogP contribution in [-0.4, -0.2) is 0 Å². The average molecular weight is 501 g/mol. The first-order valence-electron chi connectivity index (χ1n) is 13.4. The molecular formula is C37H28N2+2. The van der Waals surface area contributed by atoms with Gasteiger partial charge in [-0.3, -0.25) is 0 Å². The van der Waals surface area contributed by atoms with Crippen molar-refractivity contribution in [3.63, 3.8) is 0 Å². The van der Waals surface area contributed by atoms with E-state index in [0.29, 0.717) is 0 Å². The van der Waals surface area contributed by atoms with Gasteiger partial charge in [0.05, 0.1) is 20.5 Å². The lowest BCUT2D eigenvalue weighted by molar-refractivity contribution is -1.29. The smallest absolute Gasteiger partial charge is 0.0795 e. The minimum Gasteiger partial charge on any atom is -0.0795 e. The van der Waals surface area contributed by atoms with Crippen LogP contribution in [0.2, 0.25) is 0 Å². The maximum Gasteiger partial charge on any atom is 0.285 e. The molecule has 4 aromatic carbocycles. The second-order valence-electron chi connectivity index (χ2n) is 9.87. The first kappa shape index (κ1) is 23.1. The first-order valence-corrected chi connectivity index (χ1v) is 13.4. The fourth-order valence-corrected chi connectivity index (χ4v) is 5.54. The summed E-state index contributed by atoms with van der Waals surface area (Å²) in [6.45, 7) is 0. The molecule has 2 heteroatoms. The summed E-state index contributed by atoms with van der Waals surface area (Å²) in [6.07, 6.45) is 9.75. The van der Waals surface area contributed by atoms with Gasteiger partial charge in [0.1, 0.15) is 0 Å². The SMILES string of the molecule is C1=C/c2ccccc2-c2cccc[n+]2-[n+]2ccc(-c3ccccc3)cc2-c2ccc(-c3ccccc3)cc2C/1. The van der Waals surface area contributed by atoms with E-state index in [1.54, 1.807) is 0 Å². The highest BCUT2D eigenvalue weighted by Crippen LogP contribution is 2.31. The van der Waals surface area contributed by atoms with Gasteiger partial charge in [0.15, 0.2) is 0 Å². The summed E-state index contributed by atoms with van der Waals surface area (Å²) in [6, 6.07) is 47.8. The summed E-state index contributed by atoms with van der Waals surface area (Å²) in [5, 5.41) is 0. The molecule has 0 radical (unpaired) electrons. The van der Waals surface area contributed by atoms with Crippen molar-refractivity contribution in [2.75, 3.05) is 0 Å². The number of aromatic nitrogens is 2. The maximum atomic E-state index is 2.36. The van der Waals surface area contributed by atoms with Crippen molar-refractivity contribution in [2.45, 2.75) is 6.42 Å². The zero-order chi connectivity index (χ0) is 26.0. The van der Waals surface area contributed by atoms with Crippen molar-refractivity contribution in [1.82, 2.24) is 0 Å². The third kappa shape index (κ3) is 4.36. The summed E-state index contributed by atoms with van der Waals surface area (Å²) in [5.74, 6) is 0. The fourth-order valence-electron chi connectivity index (χ4n) is 5.54. The third-order valence-electron chi connectivity index (χ3n) is 7.47. The number of hydrogen-bond acceptors (Lipinski definition) is 0. The lowest BCUT2D eigenvalue weighted by Gasteiger charge is -2.10. The van der Waals surface area contributed by atoms with Crippen molar-refractivity contribution in [3.05, 3.63) is 163 Å². The van der Waals surface area contributed by atoms with Crippen molar-refractivity contribution in [1.29, 1.82) is 0 Å². The second-order valence-corrected chi connectivity index (χ2v) is 9.87. The summed E-state index contributed by atoms with van der Waals surface area (Å²) < 4.78 is 4.54. The molecule has 1 aliphatic heterocycles. The second kappa shape index (κ2) is 10.00. The molecule has 6 aromatic rings. The van der Waals surface area contributed by atoms with Crippen LogP contribution in [-0.2, 0) is 6.42 Å². The Hall–Kier alpha value is -5.08. The van der Waals surface area contributed by atoms with E-state index in [9.17, 15) is 0 Å². The van der Waals surface area contributed by atoms with Gasteiger partial charge >= 0.3 is 0 Å². The molecule has 0 N–H and O–H groups in total. The van der Waals surface area contributed by atoms with Gasteiger partial charge in [-0.15, -0.1) is 0 Å². The Morgan fingerprint density at radius 3 is 1.90 bits per heavy atom. The highest BCUT2D eigenvalue weighted by Gasteiger charge is 2.29. The standard InChI is InChI=1S/C37H28N2/c1-3-12-28(13-4-1)31-21-22-35-33(26-31)18-11-17-30-16-7-8-19-34(30)36-20-9-10-24-38(36)39-25-23-32(27-37(35)39)29-14-5-2-6-15-29/h1-17,19-27H,18H2/q+2/b17-11+. The van der Waals surface area contributed by atoms with Gasteiger partial charge in [-0.05, 0) is 64.1 Å². The Balaban J connectivity index is 1.53. The Morgan fingerprint density at radius 2 is 1.10 bits per heavy atom. The molecule has 0 atom stereocenters. The molecular weight excluding hydrogens is 472 g/mol. The van der Waals surface area contributed by atoms with Crippen LogP contribution in [0, 0.1) is 0 Å². The van der Waals surface area contributed by atoms with Gasteiger partial charge in [0.25, 0.3) is 11.4 Å². The summed E-state index contributed by atoms with van der Waals surface area (Å²) >= 11 is 0. The van der Waals surface area contributed by atoms with Crippen molar-refractivity contribution < 1.29 is 9.35 Å². The van der Waals surface area contributed by atoms with Gasteiger partial charge in [-0.1, -0.05) is 97.1 Å². The number of hydrogen-bond donors (Lipinski definition) is 0. The van der Waals surface area contributed by atoms with E-state index in [-0.39, 0.29) is 0 Å². The Bertz CT molecular complexity index is 1820. The molecule has 0 fully saturated rings. The number of pyridine rings is 2. The van der Waals surface area contributed by atoms with Crippen molar-refractivity contribution in [2.24, 2.45) is 0 Å². The van der Waals surface area contributed by atoms with Crippen LogP contribution in [0.4, 0.5) is 0 Å². The fraction of sp³-hybridized carbons (Fsp3) is 0.0270. The lowest BCUT2D eigenvalue weighted by atomic mass is 9.94. The maximum absolute atomic E-state index is 2.36. The van der Waals surface area contributed by atoms with Gasteiger partial charge in [-0.25, -0.2) is 0 Å². The molecule has 0 bridgehead atoms. The molecule has 39 heavy (non-hydrogen) atoms. The molecule has 2 aromatic heterocycles. The Morgan fingerprint density at radius 1 is 0.436 bits per heavy atom. The highest BCUT2D eigenvalue weighted by molar-refractivity contribution is 5.76. The van der Waals surface area contributed by atoms with E-state index in [0.717, 1.165) is 17.8 Å².